The molecule has 0 bridgehead atoms. The minimum Gasteiger partial charge on any atom is -0.506 e. The molecule has 0 atom stereocenters. The highest BCUT2D eigenvalue weighted by molar-refractivity contribution is 8.00. The largest absolute Gasteiger partial charge is 0.506 e. The predicted octanol–water partition coefficient (Wildman–Crippen LogP) is 3.97. The van der Waals surface area contributed by atoms with Gasteiger partial charge < -0.3 is 15.5 Å². The fourth-order valence-electron chi connectivity index (χ4n) is 2.47. The Labute approximate surface area is 148 Å². The SMILES string of the molecule is O=C(O)CSc1cc(NC(=O)c2ccccc2)c2ccccc2c1O. The fourth-order valence-corrected chi connectivity index (χ4v) is 3.20. The summed E-state index contributed by atoms with van der Waals surface area (Å²) in [6.45, 7) is 0. The topological polar surface area (TPSA) is 86.6 Å². The van der Waals surface area contributed by atoms with E-state index in [9.17, 15) is 14.7 Å². The van der Waals surface area contributed by atoms with Crippen LogP contribution in [-0.4, -0.2) is 27.8 Å². The molecule has 1 amide bonds. The van der Waals surface area contributed by atoms with E-state index < -0.39 is 5.97 Å². The third-order valence-electron chi connectivity index (χ3n) is 3.62. The molecule has 3 rings (SSSR count). The number of rotatable bonds is 5. The Kier molecular flexibility index (Phi) is 4.90. The highest BCUT2D eigenvalue weighted by Crippen LogP contribution is 2.39. The van der Waals surface area contributed by atoms with Gasteiger partial charge >= 0.3 is 5.97 Å². The minimum atomic E-state index is -0.979. The number of aliphatic carboxylic acids is 1. The number of amides is 1. The van der Waals surface area contributed by atoms with E-state index in [-0.39, 0.29) is 17.4 Å². The van der Waals surface area contributed by atoms with Gasteiger partial charge in [0.25, 0.3) is 5.91 Å². The molecule has 0 fully saturated rings. The maximum absolute atomic E-state index is 12.4. The maximum atomic E-state index is 12.4. The lowest BCUT2D eigenvalue weighted by molar-refractivity contribution is -0.133. The van der Waals surface area contributed by atoms with Gasteiger partial charge in [0.05, 0.1) is 16.3 Å². The number of hydrogen-bond donors (Lipinski definition) is 3. The van der Waals surface area contributed by atoms with Crippen molar-refractivity contribution < 1.29 is 19.8 Å². The molecule has 0 aromatic heterocycles. The molecule has 0 spiro atoms. The van der Waals surface area contributed by atoms with Gasteiger partial charge in [0, 0.05) is 16.3 Å². The number of fused-ring (bicyclic) bond motifs is 1. The van der Waals surface area contributed by atoms with Crippen LogP contribution in [0.15, 0.2) is 65.6 Å². The van der Waals surface area contributed by atoms with Crippen LogP contribution in [-0.2, 0) is 4.79 Å². The Hall–Kier alpha value is -2.99. The number of phenolic OH excluding ortho intramolecular Hbond substituents is 1. The molecule has 0 unspecified atom stereocenters. The van der Waals surface area contributed by atoms with Gasteiger partial charge in [-0.1, -0.05) is 42.5 Å². The second-order valence-corrected chi connectivity index (χ2v) is 6.34. The van der Waals surface area contributed by atoms with Gasteiger partial charge in [-0.3, -0.25) is 9.59 Å². The molecule has 5 nitrogen and oxygen atoms in total. The Morgan fingerprint density at radius 1 is 0.960 bits per heavy atom. The van der Waals surface area contributed by atoms with Crippen molar-refractivity contribution in [1.29, 1.82) is 0 Å². The molecular formula is C19H15NO4S. The van der Waals surface area contributed by atoms with Crippen LogP contribution >= 0.6 is 11.8 Å². The molecule has 3 aromatic carbocycles. The third kappa shape index (κ3) is 3.75. The van der Waals surface area contributed by atoms with Crippen LogP contribution in [0.5, 0.6) is 5.75 Å². The summed E-state index contributed by atoms with van der Waals surface area (Å²) in [7, 11) is 0. The minimum absolute atomic E-state index is 0.0135. The Bertz CT molecular complexity index is 941. The predicted molar refractivity (Wildman–Crippen MR) is 98.4 cm³/mol. The molecule has 0 saturated carbocycles. The second kappa shape index (κ2) is 7.27. The number of anilines is 1. The molecular weight excluding hydrogens is 338 g/mol. The molecule has 0 aliphatic heterocycles. The molecule has 0 aliphatic rings. The average molecular weight is 353 g/mol. The molecule has 0 saturated heterocycles. The fraction of sp³-hybridized carbons (Fsp3) is 0.0526. The highest BCUT2D eigenvalue weighted by atomic mass is 32.2. The summed E-state index contributed by atoms with van der Waals surface area (Å²) in [5.74, 6) is -1.42. The zero-order valence-electron chi connectivity index (χ0n) is 13.1. The molecule has 25 heavy (non-hydrogen) atoms. The number of hydrogen-bond acceptors (Lipinski definition) is 4. The van der Waals surface area contributed by atoms with E-state index in [1.165, 1.54) is 0 Å². The first-order valence-corrected chi connectivity index (χ1v) is 8.50. The van der Waals surface area contributed by atoms with Crippen LogP contribution in [0, 0.1) is 0 Å². The summed E-state index contributed by atoms with van der Waals surface area (Å²) in [4.78, 5) is 23.7. The van der Waals surface area contributed by atoms with Crippen molar-refractivity contribution in [3.8, 4) is 5.75 Å². The molecule has 6 heteroatoms. The van der Waals surface area contributed by atoms with E-state index in [0.29, 0.717) is 26.9 Å². The van der Waals surface area contributed by atoms with Crippen molar-refractivity contribution in [3.63, 3.8) is 0 Å². The number of carbonyl (C=O) groups is 2. The van der Waals surface area contributed by atoms with Gasteiger partial charge in [0.15, 0.2) is 0 Å². The molecule has 0 aliphatic carbocycles. The quantitative estimate of drug-likeness (QED) is 0.477. The molecule has 0 radical (unpaired) electrons. The number of carboxylic acids is 1. The summed E-state index contributed by atoms with van der Waals surface area (Å²) in [6, 6.07) is 17.5. The zero-order valence-corrected chi connectivity index (χ0v) is 13.9. The number of benzene rings is 3. The standard InChI is InChI=1S/C19H15NO4S/c21-17(22)11-25-16-10-15(13-8-4-5-9-14(13)18(16)23)20-19(24)12-6-2-1-3-7-12/h1-10,23H,11H2,(H,20,24)(H,21,22). The van der Waals surface area contributed by atoms with Crippen molar-refractivity contribution in [3.05, 3.63) is 66.2 Å². The first-order valence-electron chi connectivity index (χ1n) is 7.52. The van der Waals surface area contributed by atoms with Gasteiger partial charge in [-0.2, -0.15) is 0 Å². The summed E-state index contributed by atoms with van der Waals surface area (Å²) >= 11 is 1.01. The van der Waals surface area contributed by atoms with E-state index in [0.717, 1.165) is 11.8 Å². The van der Waals surface area contributed by atoms with E-state index in [4.69, 9.17) is 5.11 Å². The van der Waals surface area contributed by atoms with Gasteiger partial charge in [-0.05, 0) is 18.2 Å². The summed E-state index contributed by atoms with van der Waals surface area (Å²) in [5, 5.41) is 23.4. The summed E-state index contributed by atoms with van der Waals surface area (Å²) < 4.78 is 0. The molecule has 3 aromatic rings. The Morgan fingerprint density at radius 2 is 1.60 bits per heavy atom. The first kappa shape index (κ1) is 16.9. The van der Waals surface area contributed by atoms with Gasteiger partial charge in [-0.15, -0.1) is 11.8 Å². The van der Waals surface area contributed by atoms with Gasteiger partial charge in [0.1, 0.15) is 5.75 Å². The lowest BCUT2D eigenvalue weighted by Crippen LogP contribution is -2.12. The highest BCUT2D eigenvalue weighted by Gasteiger charge is 2.15. The number of phenols is 1. The number of carboxylic acid groups (broad SMARTS) is 1. The van der Waals surface area contributed by atoms with Crippen LogP contribution in [0.2, 0.25) is 0 Å². The van der Waals surface area contributed by atoms with Crippen LogP contribution in [0.4, 0.5) is 5.69 Å². The summed E-state index contributed by atoms with van der Waals surface area (Å²) in [6.07, 6.45) is 0. The Morgan fingerprint density at radius 3 is 2.28 bits per heavy atom. The van der Waals surface area contributed by atoms with E-state index in [1.54, 1.807) is 48.5 Å². The third-order valence-corrected chi connectivity index (χ3v) is 4.63. The number of nitrogens with one attached hydrogen (secondary N) is 1. The van der Waals surface area contributed by atoms with Crippen LogP contribution < -0.4 is 5.32 Å². The second-order valence-electron chi connectivity index (χ2n) is 5.32. The van der Waals surface area contributed by atoms with Crippen molar-refractivity contribution in [2.45, 2.75) is 4.90 Å². The van der Waals surface area contributed by atoms with Crippen molar-refractivity contribution in [2.24, 2.45) is 0 Å². The number of carbonyl (C=O) groups excluding carboxylic acids is 1. The maximum Gasteiger partial charge on any atom is 0.313 e. The average Bonchev–Trinajstić information content (AvgIpc) is 2.63. The van der Waals surface area contributed by atoms with E-state index in [1.807, 2.05) is 12.1 Å². The van der Waals surface area contributed by atoms with Crippen molar-refractivity contribution >= 4 is 40.1 Å². The lowest BCUT2D eigenvalue weighted by Gasteiger charge is -2.13. The van der Waals surface area contributed by atoms with E-state index in [2.05, 4.69) is 5.32 Å². The smallest absolute Gasteiger partial charge is 0.313 e. The van der Waals surface area contributed by atoms with Crippen molar-refractivity contribution in [1.82, 2.24) is 0 Å². The van der Waals surface area contributed by atoms with Crippen LogP contribution in [0.1, 0.15) is 10.4 Å². The number of thioether (sulfide) groups is 1. The first-order chi connectivity index (χ1) is 12.1. The zero-order chi connectivity index (χ0) is 17.8. The van der Waals surface area contributed by atoms with Gasteiger partial charge in [0.2, 0.25) is 0 Å². The van der Waals surface area contributed by atoms with Gasteiger partial charge in [-0.25, -0.2) is 0 Å². The van der Waals surface area contributed by atoms with Crippen LogP contribution in [0.25, 0.3) is 10.8 Å². The van der Waals surface area contributed by atoms with E-state index >= 15 is 0 Å². The molecule has 3 N–H and O–H groups in total. The van der Waals surface area contributed by atoms with Crippen LogP contribution in [0.3, 0.4) is 0 Å². The summed E-state index contributed by atoms with van der Waals surface area (Å²) in [5.41, 5.74) is 1.04. The lowest BCUT2D eigenvalue weighted by atomic mass is 10.1. The number of aromatic hydroxyl groups is 1. The Balaban J connectivity index is 2.02. The normalized spacial score (nSPS) is 10.6. The monoisotopic (exact) mass is 353 g/mol. The molecule has 126 valence electrons. The molecule has 0 heterocycles. The van der Waals surface area contributed by atoms with Crippen molar-refractivity contribution in [2.75, 3.05) is 11.1 Å².